The average Bonchev–Trinajstić information content (AvgIpc) is 2.37. The molecular formula is C12H11N3O5. The van der Waals surface area contributed by atoms with Gasteiger partial charge in [0, 0.05) is 12.1 Å². The fourth-order valence-electron chi connectivity index (χ4n) is 1.88. The van der Waals surface area contributed by atoms with Gasteiger partial charge in [0.05, 0.1) is 11.3 Å². The molecule has 20 heavy (non-hydrogen) atoms. The largest absolute Gasteiger partial charge is 0.324 e. The van der Waals surface area contributed by atoms with Gasteiger partial charge in [-0.25, -0.2) is 0 Å². The lowest BCUT2D eigenvalue weighted by Crippen LogP contribution is -2.53. The van der Waals surface area contributed by atoms with E-state index in [4.69, 9.17) is 0 Å². The van der Waals surface area contributed by atoms with Crippen LogP contribution in [0.15, 0.2) is 24.3 Å². The molecule has 0 aromatic heterocycles. The minimum Gasteiger partial charge on any atom is -0.324 e. The van der Waals surface area contributed by atoms with E-state index in [0.717, 1.165) is 4.90 Å². The number of benzene rings is 1. The second kappa shape index (κ2) is 5.47. The monoisotopic (exact) mass is 277 g/mol. The van der Waals surface area contributed by atoms with Gasteiger partial charge in [0.15, 0.2) is 0 Å². The van der Waals surface area contributed by atoms with Crippen molar-refractivity contribution in [2.45, 2.75) is 6.42 Å². The summed E-state index contributed by atoms with van der Waals surface area (Å²) in [6.45, 7) is -0.362. The van der Waals surface area contributed by atoms with Crippen molar-refractivity contribution in [3.63, 3.8) is 0 Å². The minimum absolute atomic E-state index is 0.0950. The number of hydrogen-bond acceptors (Lipinski definition) is 5. The maximum absolute atomic E-state index is 12.0. The quantitative estimate of drug-likeness (QED) is 0.460. The number of carbonyl (C=O) groups excluding carboxylic acids is 3. The number of amides is 3. The lowest BCUT2D eigenvalue weighted by Gasteiger charge is -2.25. The SMILES string of the molecule is O=C1CN(C(=O)Cc2cccc([N+](=O)[O-])c2)CC(=O)N1. The van der Waals surface area contributed by atoms with Gasteiger partial charge in [-0.2, -0.15) is 0 Å². The van der Waals surface area contributed by atoms with Crippen molar-refractivity contribution in [2.75, 3.05) is 13.1 Å². The maximum atomic E-state index is 12.0. The summed E-state index contributed by atoms with van der Waals surface area (Å²) in [6, 6.07) is 5.68. The molecule has 1 heterocycles. The van der Waals surface area contributed by atoms with Gasteiger partial charge in [-0.1, -0.05) is 12.1 Å². The molecule has 3 amide bonds. The smallest absolute Gasteiger partial charge is 0.269 e. The first-order valence-electron chi connectivity index (χ1n) is 5.79. The second-order valence-electron chi connectivity index (χ2n) is 4.32. The number of carbonyl (C=O) groups is 3. The lowest BCUT2D eigenvalue weighted by molar-refractivity contribution is -0.384. The number of piperazine rings is 1. The molecule has 1 saturated heterocycles. The molecular weight excluding hydrogens is 266 g/mol. The highest BCUT2D eigenvalue weighted by atomic mass is 16.6. The van der Waals surface area contributed by atoms with Crippen LogP contribution in [0.5, 0.6) is 0 Å². The number of imide groups is 1. The molecule has 1 aliphatic rings. The third-order valence-electron chi connectivity index (χ3n) is 2.78. The normalized spacial score (nSPS) is 14.9. The number of nitrogens with one attached hydrogen (secondary N) is 1. The Balaban J connectivity index is 2.07. The van der Waals surface area contributed by atoms with Gasteiger partial charge < -0.3 is 4.90 Å². The molecule has 1 fully saturated rings. The minimum atomic E-state index is -0.550. The van der Waals surface area contributed by atoms with Crippen LogP contribution < -0.4 is 5.32 Å². The summed E-state index contributed by atoms with van der Waals surface area (Å²) in [5.74, 6) is -1.49. The summed E-state index contributed by atoms with van der Waals surface area (Å²) in [7, 11) is 0. The fraction of sp³-hybridized carbons (Fsp3) is 0.250. The molecule has 1 aliphatic heterocycles. The average molecular weight is 277 g/mol. The van der Waals surface area contributed by atoms with Crippen molar-refractivity contribution in [1.29, 1.82) is 0 Å². The summed E-state index contributed by atoms with van der Waals surface area (Å²) in [4.78, 5) is 45.5. The zero-order valence-electron chi connectivity index (χ0n) is 10.4. The zero-order valence-corrected chi connectivity index (χ0v) is 10.4. The van der Waals surface area contributed by atoms with Gasteiger partial charge in [-0.05, 0) is 5.56 Å². The molecule has 104 valence electrons. The lowest BCUT2D eigenvalue weighted by atomic mass is 10.1. The van der Waals surface area contributed by atoms with Crippen molar-refractivity contribution in [3.05, 3.63) is 39.9 Å². The van der Waals surface area contributed by atoms with Gasteiger partial charge in [-0.3, -0.25) is 29.8 Å². The second-order valence-corrected chi connectivity index (χ2v) is 4.32. The summed E-state index contributed by atoms with van der Waals surface area (Å²) in [5.41, 5.74) is 0.352. The maximum Gasteiger partial charge on any atom is 0.269 e. The number of nitro groups is 1. The topological polar surface area (TPSA) is 110 Å². The molecule has 0 saturated carbocycles. The predicted octanol–water partition coefficient (Wildman–Crippen LogP) is -0.378. The third kappa shape index (κ3) is 3.16. The standard InChI is InChI=1S/C12H11N3O5/c16-10-6-14(7-11(17)13-10)12(18)5-8-2-1-3-9(4-8)15(19)20/h1-4H,5-7H2,(H,13,16,17). The first-order chi connectivity index (χ1) is 9.45. The number of nitrogens with zero attached hydrogens (tertiary/aromatic N) is 2. The van der Waals surface area contributed by atoms with Gasteiger partial charge in [-0.15, -0.1) is 0 Å². The highest BCUT2D eigenvalue weighted by molar-refractivity contribution is 6.02. The summed E-state index contributed by atoms with van der Waals surface area (Å²) >= 11 is 0. The zero-order chi connectivity index (χ0) is 14.7. The van der Waals surface area contributed by atoms with Crippen molar-refractivity contribution in [1.82, 2.24) is 10.2 Å². The molecule has 1 aromatic rings. The molecule has 1 aromatic carbocycles. The molecule has 8 heteroatoms. The fourth-order valence-corrected chi connectivity index (χ4v) is 1.88. The van der Waals surface area contributed by atoms with E-state index in [1.165, 1.54) is 18.2 Å². The van der Waals surface area contributed by atoms with E-state index in [1.807, 2.05) is 0 Å². The van der Waals surface area contributed by atoms with Gasteiger partial charge in [0.1, 0.15) is 13.1 Å². The number of non-ortho nitro benzene ring substituents is 1. The van der Waals surface area contributed by atoms with Crippen molar-refractivity contribution < 1.29 is 19.3 Å². The Kier molecular flexibility index (Phi) is 3.74. The van der Waals surface area contributed by atoms with Crippen LogP contribution in [0.25, 0.3) is 0 Å². The van der Waals surface area contributed by atoms with E-state index < -0.39 is 22.6 Å². The molecule has 2 rings (SSSR count). The number of nitro benzene ring substituents is 1. The molecule has 0 radical (unpaired) electrons. The molecule has 0 atom stereocenters. The third-order valence-corrected chi connectivity index (χ3v) is 2.78. The Bertz CT molecular complexity index is 583. The van der Waals surface area contributed by atoms with Crippen molar-refractivity contribution in [3.8, 4) is 0 Å². The van der Waals surface area contributed by atoms with Crippen LogP contribution in [0.4, 0.5) is 5.69 Å². The van der Waals surface area contributed by atoms with E-state index in [2.05, 4.69) is 5.32 Å². The molecule has 0 aliphatic carbocycles. The van der Waals surface area contributed by atoms with Gasteiger partial charge >= 0.3 is 0 Å². The number of rotatable bonds is 3. The van der Waals surface area contributed by atoms with Crippen molar-refractivity contribution >= 4 is 23.4 Å². The van der Waals surface area contributed by atoms with Gasteiger partial charge in [0.2, 0.25) is 17.7 Å². The van der Waals surface area contributed by atoms with Crippen LogP contribution in [0.2, 0.25) is 0 Å². The van der Waals surface area contributed by atoms with Crippen molar-refractivity contribution in [2.24, 2.45) is 0 Å². The van der Waals surface area contributed by atoms with E-state index in [-0.39, 0.29) is 25.2 Å². The first kappa shape index (κ1) is 13.7. The van der Waals surface area contributed by atoms with E-state index in [9.17, 15) is 24.5 Å². The Hall–Kier alpha value is -2.77. The molecule has 1 N–H and O–H groups in total. The molecule has 0 spiro atoms. The molecule has 0 bridgehead atoms. The first-order valence-corrected chi connectivity index (χ1v) is 5.79. The Morgan fingerprint density at radius 1 is 1.30 bits per heavy atom. The van der Waals surface area contributed by atoms with Crippen LogP contribution >= 0.6 is 0 Å². The van der Waals surface area contributed by atoms with E-state index >= 15 is 0 Å². The van der Waals surface area contributed by atoms with Crippen LogP contribution in [-0.2, 0) is 20.8 Å². The summed E-state index contributed by atoms with van der Waals surface area (Å²) < 4.78 is 0. The van der Waals surface area contributed by atoms with Gasteiger partial charge in [0.25, 0.3) is 5.69 Å². The van der Waals surface area contributed by atoms with E-state index in [1.54, 1.807) is 6.07 Å². The summed E-state index contributed by atoms with van der Waals surface area (Å²) in [6.07, 6.45) is -0.0950. The summed E-state index contributed by atoms with van der Waals surface area (Å²) in [5, 5.41) is 12.7. The van der Waals surface area contributed by atoms with Crippen LogP contribution in [0.3, 0.4) is 0 Å². The van der Waals surface area contributed by atoms with Crippen LogP contribution in [-0.4, -0.2) is 40.6 Å². The highest BCUT2D eigenvalue weighted by Crippen LogP contribution is 2.14. The Morgan fingerprint density at radius 3 is 2.55 bits per heavy atom. The molecule has 8 nitrogen and oxygen atoms in total. The van der Waals surface area contributed by atoms with Crippen LogP contribution in [0, 0.1) is 10.1 Å². The molecule has 0 unspecified atom stereocenters. The number of hydrogen-bond donors (Lipinski definition) is 1. The predicted molar refractivity (Wildman–Crippen MR) is 66.5 cm³/mol. The highest BCUT2D eigenvalue weighted by Gasteiger charge is 2.26. The Morgan fingerprint density at radius 2 is 1.95 bits per heavy atom. The van der Waals surface area contributed by atoms with E-state index in [0.29, 0.717) is 5.56 Å². The Labute approximate surface area is 113 Å². The van der Waals surface area contributed by atoms with Crippen LogP contribution in [0.1, 0.15) is 5.56 Å².